The average Bonchev–Trinajstić information content (AvgIpc) is 2.53. The molecule has 3 heteroatoms. The minimum Gasteiger partial charge on any atom is -0.391 e. The Hall–Kier alpha value is -0.120. The number of aliphatic hydroxyl groups is 1. The molecule has 0 aromatic heterocycles. The smallest absolute Gasteiger partial charge is 0.0695 e. The molecule has 2 rings (SSSR count). The van der Waals surface area contributed by atoms with E-state index in [4.69, 9.17) is 0 Å². The normalized spacial score (nSPS) is 36.2. The van der Waals surface area contributed by atoms with E-state index in [1.807, 2.05) is 0 Å². The van der Waals surface area contributed by atoms with Crippen molar-refractivity contribution in [3.8, 4) is 0 Å². The first-order chi connectivity index (χ1) is 8.88. The molecule has 0 amide bonds. The average molecular weight is 268 g/mol. The summed E-state index contributed by atoms with van der Waals surface area (Å²) in [5, 5.41) is 10.4. The number of nitrogens with zero attached hydrogens (tertiary/aromatic N) is 2. The molecule has 0 aromatic carbocycles. The van der Waals surface area contributed by atoms with Gasteiger partial charge in [0.15, 0.2) is 0 Å². The van der Waals surface area contributed by atoms with Gasteiger partial charge < -0.3 is 10.0 Å². The molecule has 1 aliphatic carbocycles. The van der Waals surface area contributed by atoms with Crippen LogP contribution in [0.2, 0.25) is 0 Å². The maximum Gasteiger partial charge on any atom is 0.0695 e. The van der Waals surface area contributed by atoms with Crippen LogP contribution in [0.4, 0.5) is 0 Å². The van der Waals surface area contributed by atoms with Gasteiger partial charge in [-0.1, -0.05) is 20.8 Å². The molecule has 3 unspecified atom stereocenters. The Bertz CT molecular complexity index is 287. The molecular weight excluding hydrogens is 236 g/mol. The van der Waals surface area contributed by atoms with E-state index in [-0.39, 0.29) is 6.10 Å². The zero-order valence-electron chi connectivity index (χ0n) is 13.2. The number of hydrogen-bond acceptors (Lipinski definition) is 3. The molecular formula is C16H32N2O. The lowest BCUT2D eigenvalue weighted by atomic mass is 9.70. The standard InChI is InChI=1S/C16H32N2O/c1-16(2,3)13-6-7-15(19)14(12-13)18-9-5-8-17(4)10-11-18/h13-15,19H,5-12H2,1-4H3. The van der Waals surface area contributed by atoms with Crippen LogP contribution in [0.5, 0.6) is 0 Å². The molecule has 2 fully saturated rings. The van der Waals surface area contributed by atoms with E-state index in [1.165, 1.54) is 25.8 Å². The fourth-order valence-corrected chi connectivity index (χ4v) is 3.71. The quantitative estimate of drug-likeness (QED) is 0.790. The van der Waals surface area contributed by atoms with Gasteiger partial charge in [0.2, 0.25) is 0 Å². The summed E-state index contributed by atoms with van der Waals surface area (Å²) < 4.78 is 0. The SMILES string of the molecule is CN1CCCN(C2CC(C(C)(C)C)CCC2O)CC1. The Morgan fingerprint density at radius 2 is 1.74 bits per heavy atom. The molecule has 1 saturated heterocycles. The highest BCUT2D eigenvalue weighted by molar-refractivity contribution is 4.91. The van der Waals surface area contributed by atoms with Crippen LogP contribution in [-0.2, 0) is 0 Å². The van der Waals surface area contributed by atoms with Gasteiger partial charge in [-0.25, -0.2) is 0 Å². The highest BCUT2D eigenvalue weighted by atomic mass is 16.3. The molecule has 112 valence electrons. The number of rotatable bonds is 1. The summed E-state index contributed by atoms with van der Waals surface area (Å²) in [7, 11) is 2.21. The van der Waals surface area contributed by atoms with Gasteiger partial charge in [-0.05, 0) is 57.2 Å². The van der Waals surface area contributed by atoms with E-state index in [0.29, 0.717) is 11.5 Å². The summed E-state index contributed by atoms with van der Waals surface area (Å²) in [4.78, 5) is 4.97. The van der Waals surface area contributed by atoms with Crippen molar-refractivity contribution in [3.05, 3.63) is 0 Å². The van der Waals surface area contributed by atoms with E-state index >= 15 is 0 Å². The molecule has 1 aliphatic heterocycles. The summed E-state index contributed by atoms with van der Waals surface area (Å²) in [6, 6.07) is 0.393. The number of likely N-dealkylation sites (N-methyl/N-ethyl adjacent to an activating group) is 1. The topological polar surface area (TPSA) is 26.7 Å². The van der Waals surface area contributed by atoms with Gasteiger partial charge in [-0.15, -0.1) is 0 Å². The van der Waals surface area contributed by atoms with Crippen molar-refractivity contribution >= 4 is 0 Å². The van der Waals surface area contributed by atoms with Crippen molar-refractivity contribution in [2.45, 2.75) is 58.6 Å². The zero-order chi connectivity index (χ0) is 14.0. The molecule has 1 saturated carbocycles. The second-order valence-electron chi connectivity index (χ2n) is 7.70. The van der Waals surface area contributed by atoms with Crippen molar-refractivity contribution in [1.29, 1.82) is 0 Å². The molecule has 0 spiro atoms. The Kier molecular flexibility index (Phi) is 4.91. The van der Waals surface area contributed by atoms with Crippen LogP contribution in [0.15, 0.2) is 0 Å². The minimum absolute atomic E-state index is 0.109. The van der Waals surface area contributed by atoms with Crippen molar-refractivity contribution in [3.63, 3.8) is 0 Å². The van der Waals surface area contributed by atoms with Crippen molar-refractivity contribution in [1.82, 2.24) is 9.80 Å². The van der Waals surface area contributed by atoms with E-state index in [1.54, 1.807) is 0 Å². The van der Waals surface area contributed by atoms with Crippen LogP contribution in [0.25, 0.3) is 0 Å². The molecule has 3 nitrogen and oxygen atoms in total. The van der Waals surface area contributed by atoms with Crippen molar-refractivity contribution in [2.75, 3.05) is 33.2 Å². The third kappa shape index (κ3) is 3.93. The third-order valence-electron chi connectivity index (χ3n) is 5.23. The second-order valence-corrected chi connectivity index (χ2v) is 7.70. The van der Waals surface area contributed by atoms with Gasteiger partial charge in [0, 0.05) is 19.1 Å². The molecule has 1 N–H and O–H groups in total. The first kappa shape index (κ1) is 15.3. The zero-order valence-corrected chi connectivity index (χ0v) is 13.2. The molecule has 0 bridgehead atoms. The predicted octanol–water partition coefficient (Wildman–Crippen LogP) is 2.20. The van der Waals surface area contributed by atoms with Gasteiger partial charge in [-0.3, -0.25) is 4.90 Å². The van der Waals surface area contributed by atoms with Crippen molar-refractivity contribution in [2.24, 2.45) is 11.3 Å². The molecule has 1 heterocycles. The second kappa shape index (κ2) is 6.11. The van der Waals surface area contributed by atoms with Crippen LogP contribution in [0.1, 0.15) is 46.5 Å². The van der Waals surface area contributed by atoms with E-state index in [0.717, 1.165) is 32.0 Å². The van der Waals surface area contributed by atoms with Gasteiger partial charge in [-0.2, -0.15) is 0 Å². The van der Waals surface area contributed by atoms with E-state index in [9.17, 15) is 5.11 Å². The highest BCUT2D eigenvalue weighted by Gasteiger charge is 2.37. The summed E-state index contributed by atoms with van der Waals surface area (Å²) in [5.41, 5.74) is 0.376. The number of aliphatic hydroxyl groups excluding tert-OH is 1. The Morgan fingerprint density at radius 3 is 2.42 bits per heavy atom. The fraction of sp³-hybridized carbons (Fsp3) is 1.00. The molecule has 0 radical (unpaired) electrons. The predicted molar refractivity (Wildman–Crippen MR) is 80.3 cm³/mol. The lowest BCUT2D eigenvalue weighted by molar-refractivity contribution is -0.0154. The third-order valence-corrected chi connectivity index (χ3v) is 5.23. The minimum atomic E-state index is -0.109. The van der Waals surface area contributed by atoms with Crippen LogP contribution >= 0.6 is 0 Å². The summed E-state index contributed by atoms with van der Waals surface area (Å²) >= 11 is 0. The first-order valence-electron chi connectivity index (χ1n) is 7.98. The Labute approximate surface area is 119 Å². The van der Waals surface area contributed by atoms with Crippen LogP contribution in [0, 0.1) is 11.3 Å². The van der Waals surface area contributed by atoms with Crippen LogP contribution in [0.3, 0.4) is 0 Å². The van der Waals surface area contributed by atoms with Gasteiger partial charge in [0.05, 0.1) is 6.10 Å². The first-order valence-corrected chi connectivity index (χ1v) is 7.98. The summed E-state index contributed by atoms with van der Waals surface area (Å²) in [6.45, 7) is 11.7. The monoisotopic (exact) mass is 268 g/mol. The summed E-state index contributed by atoms with van der Waals surface area (Å²) in [6.07, 6.45) is 4.48. The lowest BCUT2D eigenvalue weighted by Crippen LogP contribution is -2.50. The van der Waals surface area contributed by atoms with Crippen LogP contribution < -0.4 is 0 Å². The molecule has 0 aromatic rings. The Balaban J connectivity index is 2.00. The van der Waals surface area contributed by atoms with E-state index < -0.39 is 0 Å². The molecule has 19 heavy (non-hydrogen) atoms. The highest BCUT2D eigenvalue weighted by Crippen LogP contribution is 2.39. The van der Waals surface area contributed by atoms with Gasteiger partial charge in [0.25, 0.3) is 0 Å². The number of hydrogen-bond donors (Lipinski definition) is 1. The van der Waals surface area contributed by atoms with Crippen LogP contribution in [-0.4, -0.2) is 60.3 Å². The van der Waals surface area contributed by atoms with Gasteiger partial charge in [0.1, 0.15) is 0 Å². The van der Waals surface area contributed by atoms with E-state index in [2.05, 4.69) is 37.6 Å². The fourth-order valence-electron chi connectivity index (χ4n) is 3.71. The maximum atomic E-state index is 10.4. The maximum absolute atomic E-state index is 10.4. The van der Waals surface area contributed by atoms with Crippen molar-refractivity contribution < 1.29 is 5.11 Å². The Morgan fingerprint density at radius 1 is 1.00 bits per heavy atom. The lowest BCUT2D eigenvalue weighted by Gasteiger charge is -2.44. The molecule has 2 aliphatic rings. The van der Waals surface area contributed by atoms with Gasteiger partial charge >= 0.3 is 0 Å². The summed E-state index contributed by atoms with van der Waals surface area (Å²) in [5.74, 6) is 0.752. The largest absolute Gasteiger partial charge is 0.391 e. The molecule has 3 atom stereocenters.